The van der Waals surface area contributed by atoms with Gasteiger partial charge < -0.3 is 4.90 Å². The number of hydrogen-bond acceptors (Lipinski definition) is 5. The Kier molecular flexibility index (Phi) is 4.57. The van der Waals surface area contributed by atoms with E-state index in [9.17, 15) is 4.79 Å². The molecule has 0 spiro atoms. The first-order valence-corrected chi connectivity index (χ1v) is 8.98. The zero-order valence-corrected chi connectivity index (χ0v) is 16.0. The van der Waals surface area contributed by atoms with Gasteiger partial charge in [0.15, 0.2) is 0 Å². The second-order valence-electron chi connectivity index (χ2n) is 6.88. The number of aryl methyl sites for hydroxylation is 2. The summed E-state index contributed by atoms with van der Waals surface area (Å²) in [7, 11) is 1.81. The largest absolute Gasteiger partial charge is 0.337 e. The molecule has 0 radical (unpaired) electrons. The van der Waals surface area contributed by atoms with Crippen LogP contribution in [0.5, 0.6) is 0 Å². The molecule has 0 unspecified atom stereocenters. The van der Waals surface area contributed by atoms with Crippen LogP contribution in [0.25, 0.3) is 22.3 Å². The molecule has 0 aliphatic rings. The maximum atomic E-state index is 13.2. The maximum absolute atomic E-state index is 13.2. The van der Waals surface area contributed by atoms with Crippen LogP contribution >= 0.6 is 0 Å². The van der Waals surface area contributed by atoms with E-state index in [1.165, 1.54) is 0 Å². The summed E-state index contributed by atoms with van der Waals surface area (Å²) in [4.78, 5) is 19.5. The summed E-state index contributed by atoms with van der Waals surface area (Å²) >= 11 is 0. The van der Waals surface area contributed by atoms with Gasteiger partial charge in [-0.2, -0.15) is 5.21 Å². The van der Waals surface area contributed by atoms with Gasteiger partial charge >= 0.3 is 0 Å². The first-order chi connectivity index (χ1) is 13.5. The number of pyridine rings is 1. The van der Waals surface area contributed by atoms with Gasteiger partial charge in [-0.05, 0) is 42.3 Å². The lowest BCUT2D eigenvalue weighted by Crippen LogP contribution is -2.26. The number of benzene rings is 2. The number of carbonyl (C=O) groups is 1. The van der Waals surface area contributed by atoms with Gasteiger partial charge in [0, 0.05) is 30.2 Å². The third-order valence-corrected chi connectivity index (χ3v) is 4.70. The van der Waals surface area contributed by atoms with E-state index >= 15 is 0 Å². The van der Waals surface area contributed by atoms with Crippen LogP contribution in [0.2, 0.25) is 0 Å². The summed E-state index contributed by atoms with van der Waals surface area (Å²) in [6.07, 6.45) is 0. The lowest BCUT2D eigenvalue weighted by molar-refractivity contribution is 0.0787. The summed E-state index contributed by atoms with van der Waals surface area (Å²) in [5, 5.41) is 14.9. The number of aromatic nitrogens is 5. The van der Waals surface area contributed by atoms with Crippen molar-refractivity contribution in [2.24, 2.45) is 0 Å². The number of amides is 1. The van der Waals surface area contributed by atoms with Crippen molar-refractivity contribution in [1.29, 1.82) is 0 Å². The highest BCUT2D eigenvalue weighted by Gasteiger charge is 2.17. The summed E-state index contributed by atoms with van der Waals surface area (Å²) in [5.41, 5.74) is 5.28. The highest BCUT2D eigenvalue weighted by molar-refractivity contribution is 6.06. The summed E-state index contributed by atoms with van der Waals surface area (Å²) in [6, 6.07) is 15.6. The van der Waals surface area contributed by atoms with Crippen LogP contribution in [0.15, 0.2) is 48.5 Å². The fraction of sp³-hybridized carbons (Fsp3) is 0.190. The van der Waals surface area contributed by atoms with Crippen molar-refractivity contribution < 1.29 is 4.79 Å². The van der Waals surface area contributed by atoms with Gasteiger partial charge in [-0.3, -0.25) is 9.78 Å². The molecule has 0 aliphatic heterocycles. The second-order valence-corrected chi connectivity index (χ2v) is 6.88. The van der Waals surface area contributed by atoms with Gasteiger partial charge in [0.2, 0.25) is 5.82 Å². The zero-order chi connectivity index (χ0) is 19.7. The van der Waals surface area contributed by atoms with E-state index in [1.807, 2.05) is 62.4 Å². The Morgan fingerprint density at radius 2 is 1.93 bits per heavy atom. The number of carbonyl (C=O) groups excluding carboxylic acids is 1. The molecule has 0 aliphatic carbocycles. The Labute approximate surface area is 162 Å². The molecule has 2 aromatic carbocycles. The average molecular weight is 372 g/mol. The van der Waals surface area contributed by atoms with E-state index in [2.05, 4.69) is 25.6 Å². The summed E-state index contributed by atoms with van der Waals surface area (Å²) < 4.78 is 0. The van der Waals surface area contributed by atoms with E-state index in [0.717, 1.165) is 33.3 Å². The van der Waals surface area contributed by atoms with Crippen molar-refractivity contribution in [3.8, 4) is 11.4 Å². The SMILES string of the molecule is Cc1cc(C(=O)N(C)Cc2cccc(-c3nn[nH]n3)c2)c2cccc(C)c2n1. The van der Waals surface area contributed by atoms with Crippen LogP contribution in [0.1, 0.15) is 27.2 Å². The van der Waals surface area contributed by atoms with E-state index in [0.29, 0.717) is 17.9 Å². The zero-order valence-electron chi connectivity index (χ0n) is 16.0. The third-order valence-electron chi connectivity index (χ3n) is 4.70. The maximum Gasteiger partial charge on any atom is 0.254 e. The molecule has 7 nitrogen and oxygen atoms in total. The number of aromatic amines is 1. The van der Waals surface area contributed by atoms with E-state index in [1.54, 1.807) is 11.9 Å². The fourth-order valence-corrected chi connectivity index (χ4v) is 3.34. The van der Waals surface area contributed by atoms with Crippen molar-refractivity contribution in [2.45, 2.75) is 20.4 Å². The molecular weight excluding hydrogens is 352 g/mol. The van der Waals surface area contributed by atoms with E-state index in [-0.39, 0.29) is 5.91 Å². The van der Waals surface area contributed by atoms with Crippen molar-refractivity contribution in [3.63, 3.8) is 0 Å². The molecule has 4 aromatic rings. The third kappa shape index (κ3) is 3.34. The first kappa shape index (κ1) is 17.8. The van der Waals surface area contributed by atoms with Crippen LogP contribution in [0, 0.1) is 13.8 Å². The normalized spacial score (nSPS) is 11.0. The van der Waals surface area contributed by atoms with Gasteiger partial charge in [-0.25, -0.2) is 0 Å². The predicted octanol–water partition coefficient (Wildman–Crippen LogP) is 3.30. The number of nitrogens with one attached hydrogen (secondary N) is 1. The number of para-hydroxylation sites is 1. The standard InChI is InChI=1S/C21H20N6O/c1-13-6-4-9-17-18(10-14(2)22-19(13)17)21(28)27(3)12-15-7-5-8-16(11-15)20-23-25-26-24-20/h4-11H,12H2,1-3H3,(H,23,24,25,26). The number of fused-ring (bicyclic) bond motifs is 1. The topological polar surface area (TPSA) is 87.7 Å². The molecule has 1 N–H and O–H groups in total. The smallest absolute Gasteiger partial charge is 0.254 e. The van der Waals surface area contributed by atoms with Crippen molar-refractivity contribution in [3.05, 3.63) is 70.9 Å². The summed E-state index contributed by atoms with van der Waals surface area (Å²) in [5.74, 6) is 0.494. The number of nitrogens with zero attached hydrogens (tertiary/aromatic N) is 5. The van der Waals surface area contributed by atoms with Gasteiger partial charge in [-0.1, -0.05) is 36.4 Å². The minimum atomic E-state index is -0.0361. The van der Waals surface area contributed by atoms with Crippen molar-refractivity contribution >= 4 is 16.8 Å². The van der Waals surface area contributed by atoms with Gasteiger partial charge in [0.1, 0.15) is 0 Å². The van der Waals surface area contributed by atoms with Gasteiger partial charge in [-0.15, -0.1) is 10.2 Å². The Balaban J connectivity index is 1.64. The van der Waals surface area contributed by atoms with Crippen molar-refractivity contribution in [2.75, 3.05) is 7.05 Å². The molecule has 4 rings (SSSR count). The highest BCUT2D eigenvalue weighted by atomic mass is 16.2. The highest BCUT2D eigenvalue weighted by Crippen LogP contribution is 2.23. The molecule has 0 saturated heterocycles. The molecule has 2 aromatic heterocycles. The molecule has 0 saturated carbocycles. The lowest BCUT2D eigenvalue weighted by Gasteiger charge is -2.19. The number of H-pyrrole nitrogens is 1. The Morgan fingerprint density at radius 1 is 1.11 bits per heavy atom. The molecule has 28 heavy (non-hydrogen) atoms. The minimum absolute atomic E-state index is 0.0361. The molecule has 1 amide bonds. The average Bonchev–Trinajstić information content (AvgIpc) is 3.23. The van der Waals surface area contributed by atoms with Crippen LogP contribution in [0.4, 0.5) is 0 Å². The first-order valence-electron chi connectivity index (χ1n) is 8.98. The molecule has 0 bridgehead atoms. The monoisotopic (exact) mass is 372 g/mol. The van der Waals surface area contributed by atoms with Crippen LogP contribution in [-0.4, -0.2) is 43.5 Å². The molecule has 2 heterocycles. The van der Waals surface area contributed by atoms with E-state index < -0.39 is 0 Å². The predicted molar refractivity (Wildman–Crippen MR) is 107 cm³/mol. The van der Waals surface area contributed by atoms with E-state index in [4.69, 9.17) is 0 Å². The molecule has 0 atom stereocenters. The molecule has 140 valence electrons. The van der Waals surface area contributed by atoms with Crippen LogP contribution < -0.4 is 0 Å². The van der Waals surface area contributed by atoms with Gasteiger partial charge in [0.25, 0.3) is 5.91 Å². The second kappa shape index (κ2) is 7.19. The Morgan fingerprint density at radius 3 is 2.71 bits per heavy atom. The quantitative estimate of drug-likeness (QED) is 0.594. The summed E-state index contributed by atoms with van der Waals surface area (Å²) in [6.45, 7) is 4.40. The number of rotatable bonds is 4. The van der Waals surface area contributed by atoms with Crippen LogP contribution in [0.3, 0.4) is 0 Å². The molecular formula is C21H20N6O. The number of hydrogen-bond donors (Lipinski definition) is 1. The number of tetrazole rings is 1. The Hall–Kier alpha value is -3.61. The minimum Gasteiger partial charge on any atom is -0.337 e. The fourth-order valence-electron chi connectivity index (χ4n) is 3.34. The molecule has 0 fully saturated rings. The van der Waals surface area contributed by atoms with Crippen LogP contribution in [-0.2, 0) is 6.54 Å². The lowest BCUT2D eigenvalue weighted by atomic mass is 10.0. The molecule has 7 heteroatoms. The van der Waals surface area contributed by atoms with Gasteiger partial charge in [0.05, 0.1) is 11.1 Å². The van der Waals surface area contributed by atoms with Crippen molar-refractivity contribution in [1.82, 2.24) is 30.5 Å². The Bertz CT molecular complexity index is 1150.